The van der Waals surface area contributed by atoms with Crippen LogP contribution in [0.25, 0.3) is 0 Å². The molecule has 0 N–H and O–H groups in total. The SMILES string of the molecule is CCn1cnc(C(C)(C)CC)n1. The number of hydrogen-bond donors (Lipinski definition) is 0. The number of rotatable bonds is 3. The molecule has 68 valence electrons. The van der Waals surface area contributed by atoms with Crippen LogP contribution in [0, 0.1) is 0 Å². The van der Waals surface area contributed by atoms with Crippen LogP contribution in [-0.4, -0.2) is 14.8 Å². The monoisotopic (exact) mass is 167 g/mol. The first-order chi connectivity index (χ1) is 5.60. The summed E-state index contributed by atoms with van der Waals surface area (Å²) in [5.41, 5.74) is 0.112. The largest absolute Gasteiger partial charge is 0.253 e. The van der Waals surface area contributed by atoms with Gasteiger partial charge in [0.25, 0.3) is 0 Å². The Morgan fingerprint density at radius 2 is 2.08 bits per heavy atom. The van der Waals surface area contributed by atoms with E-state index in [2.05, 4.69) is 37.8 Å². The molecule has 0 atom stereocenters. The molecule has 1 heterocycles. The van der Waals surface area contributed by atoms with Gasteiger partial charge in [0.15, 0.2) is 5.82 Å². The van der Waals surface area contributed by atoms with Crippen molar-refractivity contribution in [1.82, 2.24) is 14.8 Å². The fraction of sp³-hybridized carbons (Fsp3) is 0.778. The average molecular weight is 167 g/mol. The van der Waals surface area contributed by atoms with Crippen molar-refractivity contribution in [2.45, 2.75) is 46.1 Å². The molecule has 0 saturated heterocycles. The molecule has 0 radical (unpaired) electrons. The van der Waals surface area contributed by atoms with E-state index in [9.17, 15) is 0 Å². The van der Waals surface area contributed by atoms with Crippen LogP contribution in [0.5, 0.6) is 0 Å². The molecular formula is C9H17N3. The molecule has 0 bridgehead atoms. The van der Waals surface area contributed by atoms with Crippen LogP contribution in [0.3, 0.4) is 0 Å². The van der Waals surface area contributed by atoms with Gasteiger partial charge >= 0.3 is 0 Å². The van der Waals surface area contributed by atoms with Gasteiger partial charge < -0.3 is 0 Å². The summed E-state index contributed by atoms with van der Waals surface area (Å²) >= 11 is 0. The van der Waals surface area contributed by atoms with Crippen molar-refractivity contribution in [1.29, 1.82) is 0 Å². The van der Waals surface area contributed by atoms with Crippen molar-refractivity contribution in [2.75, 3.05) is 0 Å². The van der Waals surface area contributed by atoms with Crippen LogP contribution in [0.2, 0.25) is 0 Å². The fourth-order valence-corrected chi connectivity index (χ4v) is 0.915. The topological polar surface area (TPSA) is 30.7 Å². The summed E-state index contributed by atoms with van der Waals surface area (Å²) < 4.78 is 1.87. The third-order valence-electron chi connectivity index (χ3n) is 2.35. The normalized spacial score (nSPS) is 12.0. The second-order valence-corrected chi connectivity index (χ2v) is 3.66. The third-order valence-corrected chi connectivity index (χ3v) is 2.35. The Labute approximate surface area is 73.8 Å². The number of nitrogens with zero attached hydrogens (tertiary/aromatic N) is 3. The standard InChI is InChI=1S/C9H17N3/c1-5-9(3,4)8-10-7-12(6-2)11-8/h7H,5-6H2,1-4H3. The maximum atomic E-state index is 4.38. The molecular weight excluding hydrogens is 150 g/mol. The van der Waals surface area contributed by atoms with E-state index in [1.54, 1.807) is 6.33 Å². The summed E-state index contributed by atoms with van der Waals surface area (Å²) in [5.74, 6) is 0.951. The molecule has 0 saturated carbocycles. The first-order valence-electron chi connectivity index (χ1n) is 4.50. The number of aryl methyl sites for hydroxylation is 1. The van der Waals surface area contributed by atoms with E-state index in [-0.39, 0.29) is 5.41 Å². The minimum Gasteiger partial charge on any atom is -0.253 e. The lowest BCUT2D eigenvalue weighted by molar-refractivity contribution is 0.466. The Bertz CT molecular complexity index is 250. The molecule has 3 nitrogen and oxygen atoms in total. The van der Waals surface area contributed by atoms with Crippen LogP contribution < -0.4 is 0 Å². The molecule has 0 aromatic carbocycles. The summed E-state index contributed by atoms with van der Waals surface area (Å²) in [6, 6.07) is 0. The van der Waals surface area contributed by atoms with Crippen LogP contribution in [0.4, 0.5) is 0 Å². The predicted octanol–water partition coefficient (Wildman–Crippen LogP) is 1.99. The predicted molar refractivity (Wildman–Crippen MR) is 49.0 cm³/mol. The molecule has 1 aromatic heterocycles. The molecule has 0 fully saturated rings. The Balaban J connectivity index is 2.88. The highest BCUT2D eigenvalue weighted by Crippen LogP contribution is 2.22. The average Bonchev–Trinajstić information content (AvgIpc) is 2.52. The van der Waals surface area contributed by atoms with Crippen LogP contribution in [0.15, 0.2) is 6.33 Å². The maximum Gasteiger partial charge on any atom is 0.156 e. The van der Waals surface area contributed by atoms with Gasteiger partial charge in [0.05, 0.1) is 0 Å². The Morgan fingerprint density at radius 1 is 1.42 bits per heavy atom. The van der Waals surface area contributed by atoms with Crippen molar-refractivity contribution in [3.63, 3.8) is 0 Å². The molecule has 0 aliphatic heterocycles. The highest BCUT2D eigenvalue weighted by Gasteiger charge is 2.22. The first-order valence-corrected chi connectivity index (χ1v) is 4.50. The van der Waals surface area contributed by atoms with E-state index in [0.29, 0.717) is 0 Å². The van der Waals surface area contributed by atoms with E-state index < -0.39 is 0 Å². The Morgan fingerprint density at radius 3 is 2.50 bits per heavy atom. The third kappa shape index (κ3) is 1.65. The van der Waals surface area contributed by atoms with E-state index in [1.807, 2.05) is 4.68 Å². The van der Waals surface area contributed by atoms with Gasteiger partial charge in [-0.2, -0.15) is 5.10 Å². The number of hydrogen-bond acceptors (Lipinski definition) is 2. The minimum absolute atomic E-state index is 0.112. The van der Waals surface area contributed by atoms with Gasteiger partial charge in [0.1, 0.15) is 6.33 Å². The summed E-state index contributed by atoms with van der Waals surface area (Å²) in [6.07, 6.45) is 2.87. The van der Waals surface area contributed by atoms with E-state index in [1.165, 1.54) is 0 Å². The molecule has 1 rings (SSSR count). The van der Waals surface area contributed by atoms with Crippen molar-refractivity contribution in [3.05, 3.63) is 12.2 Å². The minimum atomic E-state index is 0.112. The summed E-state index contributed by atoms with van der Waals surface area (Å²) in [7, 11) is 0. The molecule has 0 amide bonds. The lowest BCUT2D eigenvalue weighted by atomic mass is 9.90. The van der Waals surface area contributed by atoms with Crippen LogP contribution >= 0.6 is 0 Å². The van der Waals surface area contributed by atoms with Crippen LogP contribution in [0.1, 0.15) is 39.9 Å². The smallest absolute Gasteiger partial charge is 0.156 e. The quantitative estimate of drug-likeness (QED) is 0.689. The zero-order chi connectivity index (χ0) is 9.19. The van der Waals surface area contributed by atoms with E-state index in [4.69, 9.17) is 0 Å². The first kappa shape index (κ1) is 9.23. The van der Waals surface area contributed by atoms with Gasteiger partial charge in [-0.25, -0.2) is 4.98 Å². The zero-order valence-electron chi connectivity index (χ0n) is 8.33. The van der Waals surface area contributed by atoms with Crippen LogP contribution in [-0.2, 0) is 12.0 Å². The lowest BCUT2D eigenvalue weighted by Crippen LogP contribution is -2.18. The molecule has 3 heteroatoms. The molecule has 0 spiro atoms. The lowest BCUT2D eigenvalue weighted by Gasteiger charge is -2.17. The second kappa shape index (κ2) is 3.25. The summed E-state index contributed by atoms with van der Waals surface area (Å²) in [4.78, 5) is 4.28. The maximum absolute atomic E-state index is 4.38. The second-order valence-electron chi connectivity index (χ2n) is 3.66. The molecule has 12 heavy (non-hydrogen) atoms. The Hall–Kier alpha value is -0.860. The zero-order valence-corrected chi connectivity index (χ0v) is 8.33. The van der Waals surface area contributed by atoms with E-state index in [0.717, 1.165) is 18.8 Å². The fourth-order valence-electron chi connectivity index (χ4n) is 0.915. The van der Waals surface area contributed by atoms with Gasteiger partial charge in [0, 0.05) is 12.0 Å². The van der Waals surface area contributed by atoms with E-state index >= 15 is 0 Å². The van der Waals surface area contributed by atoms with Gasteiger partial charge in [-0.3, -0.25) is 4.68 Å². The van der Waals surface area contributed by atoms with Gasteiger partial charge in [-0.1, -0.05) is 20.8 Å². The highest BCUT2D eigenvalue weighted by atomic mass is 15.3. The molecule has 0 aliphatic carbocycles. The summed E-state index contributed by atoms with van der Waals surface area (Å²) in [6.45, 7) is 9.46. The van der Waals surface area contributed by atoms with Gasteiger partial charge in [-0.05, 0) is 13.3 Å². The van der Waals surface area contributed by atoms with Gasteiger partial charge in [0.2, 0.25) is 0 Å². The van der Waals surface area contributed by atoms with Crippen molar-refractivity contribution < 1.29 is 0 Å². The van der Waals surface area contributed by atoms with Gasteiger partial charge in [-0.15, -0.1) is 0 Å². The Kier molecular flexibility index (Phi) is 2.50. The van der Waals surface area contributed by atoms with Crippen molar-refractivity contribution in [3.8, 4) is 0 Å². The number of aromatic nitrogens is 3. The molecule has 0 aliphatic rings. The van der Waals surface area contributed by atoms with Crippen molar-refractivity contribution >= 4 is 0 Å². The molecule has 0 unspecified atom stereocenters. The highest BCUT2D eigenvalue weighted by molar-refractivity contribution is 5.00. The molecule has 1 aromatic rings. The summed E-state index contributed by atoms with van der Waals surface area (Å²) in [5, 5.41) is 4.38. The van der Waals surface area contributed by atoms with Crippen molar-refractivity contribution in [2.24, 2.45) is 0 Å².